The van der Waals surface area contributed by atoms with Gasteiger partial charge in [-0.15, -0.1) is 0 Å². The molecule has 0 aliphatic carbocycles. The number of sulfonamides is 1. The molecule has 0 amide bonds. The number of aromatic carboxylic acids is 1. The average Bonchev–Trinajstić information content (AvgIpc) is 2.78. The zero-order valence-electron chi connectivity index (χ0n) is 17.8. The molecule has 7 nitrogen and oxygen atoms in total. The lowest BCUT2D eigenvalue weighted by Crippen LogP contribution is -2.13. The van der Waals surface area contributed by atoms with E-state index in [-0.39, 0.29) is 29.4 Å². The number of nitrogens with one attached hydrogen (secondary N) is 1. The molecule has 0 spiro atoms. The summed E-state index contributed by atoms with van der Waals surface area (Å²) in [4.78, 5) is 11.4. The zero-order chi connectivity index (χ0) is 23.1. The van der Waals surface area contributed by atoms with E-state index in [2.05, 4.69) is 4.72 Å². The Morgan fingerprint density at radius 1 is 0.906 bits per heavy atom. The van der Waals surface area contributed by atoms with Gasteiger partial charge in [-0.3, -0.25) is 4.72 Å². The monoisotopic (exact) mass is 455 g/mol. The first kappa shape index (κ1) is 23.1. The van der Waals surface area contributed by atoms with Crippen LogP contribution < -0.4 is 14.2 Å². The molecule has 0 saturated heterocycles. The maximum Gasteiger partial charge on any atom is 0.339 e. The molecule has 0 saturated carbocycles. The van der Waals surface area contributed by atoms with Crippen LogP contribution in [0.25, 0.3) is 0 Å². The third-order valence-electron chi connectivity index (χ3n) is 4.69. The summed E-state index contributed by atoms with van der Waals surface area (Å²) in [7, 11) is -3.69. The van der Waals surface area contributed by atoms with Crippen LogP contribution in [0.1, 0.15) is 35.7 Å². The molecule has 32 heavy (non-hydrogen) atoms. The van der Waals surface area contributed by atoms with Crippen LogP contribution in [0.3, 0.4) is 0 Å². The van der Waals surface area contributed by atoms with Crippen LogP contribution in [0, 0.1) is 0 Å². The highest BCUT2D eigenvalue weighted by Gasteiger charge is 2.15. The number of carboxylic acid groups (broad SMARTS) is 1. The zero-order valence-corrected chi connectivity index (χ0v) is 18.6. The van der Waals surface area contributed by atoms with Crippen LogP contribution in [-0.4, -0.2) is 32.7 Å². The summed E-state index contributed by atoms with van der Waals surface area (Å²) in [5, 5.41) is 9.15. The highest BCUT2D eigenvalue weighted by molar-refractivity contribution is 7.92. The highest BCUT2D eigenvalue weighted by atomic mass is 32.2. The number of rotatable bonds is 10. The van der Waals surface area contributed by atoms with E-state index < -0.39 is 16.0 Å². The molecule has 8 heteroatoms. The molecule has 0 bridgehead atoms. The first-order valence-electron chi connectivity index (χ1n) is 10.1. The van der Waals surface area contributed by atoms with Crippen molar-refractivity contribution in [1.82, 2.24) is 0 Å². The Morgan fingerprint density at radius 3 is 2.16 bits per heavy atom. The Balaban J connectivity index is 1.53. The average molecular weight is 456 g/mol. The van der Waals surface area contributed by atoms with Gasteiger partial charge in [0.2, 0.25) is 0 Å². The van der Waals surface area contributed by atoms with Gasteiger partial charge in [0.15, 0.2) is 0 Å². The minimum atomic E-state index is -3.69. The van der Waals surface area contributed by atoms with Crippen LogP contribution in [0.15, 0.2) is 77.7 Å². The predicted molar refractivity (Wildman–Crippen MR) is 122 cm³/mol. The minimum absolute atomic E-state index is 0.0861. The van der Waals surface area contributed by atoms with Crippen molar-refractivity contribution in [2.24, 2.45) is 0 Å². The summed E-state index contributed by atoms with van der Waals surface area (Å²) in [6.45, 7) is 4.45. The van der Waals surface area contributed by atoms with E-state index in [4.69, 9.17) is 14.6 Å². The summed E-state index contributed by atoms with van der Waals surface area (Å²) in [6.07, 6.45) is 0. The van der Waals surface area contributed by atoms with Crippen LogP contribution in [0.2, 0.25) is 0 Å². The lowest BCUT2D eigenvalue weighted by atomic mass is 10.0. The number of hydrogen-bond acceptors (Lipinski definition) is 5. The van der Waals surface area contributed by atoms with Crippen molar-refractivity contribution in [2.75, 3.05) is 17.9 Å². The smallest absolute Gasteiger partial charge is 0.339 e. The molecule has 3 rings (SSSR count). The quantitative estimate of drug-likeness (QED) is 0.427. The molecule has 0 aliphatic heterocycles. The first-order valence-corrected chi connectivity index (χ1v) is 11.6. The molecule has 0 unspecified atom stereocenters. The number of para-hydroxylation sites is 1. The minimum Gasteiger partial charge on any atom is -0.490 e. The Kier molecular flexibility index (Phi) is 7.37. The van der Waals surface area contributed by atoms with E-state index in [0.29, 0.717) is 17.4 Å². The summed E-state index contributed by atoms with van der Waals surface area (Å²) >= 11 is 0. The van der Waals surface area contributed by atoms with Crippen LogP contribution in [0.5, 0.6) is 11.5 Å². The van der Waals surface area contributed by atoms with Gasteiger partial charge < -0.3 is 14.6 Å². The molecule has 0 aliphatic rings. The molecule has 0 radical (unpaired) electrons. The van der Waals surface area contributed by atoms with Gasteiger partial charge in [-0.05, 0) is 60.0 Å². The number of hydrogen-bond donors (Lipinski definition) is 2. The Bertz CT molecular complexity index is 1160. The maximum atomic E-state index is 12.6. The third kappa shape index (κ3) is 6.01. The second kappa shape index (κ2) is 10.2. The number of ether oxygens (including phenoxy) is 2. The van der Waals surface area contributed by atoms with Crippen molar-refractivity contribution in [3.8, 4) is 11.5 Å². The Labute approximate surface area is 187 Å². The van der Waals surface area contributed by atoms with E-state index in [1.807, 2.05) is 26.0 Å². The summed E-state index contributed by atoms with van der Waals surface area (Å²) in [6, 6.07) is 19.7. The fourth-order valence-electron chi connectivity index (χ4n) is 2.95. The van der Waals surface area contributed by atoms with Crippen molar-refractivity contribution in [3.05, 3.63) is 83.9 Å². The SMILES string of the molecule is CC(C)c1ccc(S(=O)(=O)Nc2ccc(OCCOc3ccccc3C(=O)O)cc2)cc1. The van der Waals surface area contributed by atoms with Gasteiger partial charge in [-0.2, -0.15) is 0 Å². The molecule has 0 atom stereocenters. The van der Waals surface area contributed by atoms with Gasteiger partial charge in [-0.1, -0.05) is 38.1 Å². The van der Waals surface area contributed by atoms with Crippen molar-refractivity contribution in [2.45, 2.75) is 24.7 Å². The van der Waals surface area contributed by atoms with E-state index in [1.165, 1.54) is 6.07 Å². The Hall–Kier alpha value is -3.52. The van der Waals surface area contributed by atoms with Gasteiger partial charge in [0.1, 0.15) is 30.3 Å². The van der Waals surface area contributed by atoms with E-state index in [9.17, 15) is 13.2 Å². The Morgan fingerprint density at radius 2 is 1.53 bits per heavy atom. The predicted octanol–water partition coefficient (Wildman–Crippen LogP) is 4.77. The van der Waals surface area contributed by atoms with Gasteiger partial charge in [0, 0.05) is 5.69 Å². The highest BCUT2D eigenvalue weighted by Crippen LogP contribution is 2.22. The number of carbonyl (C=O) groups is 1. The lowest BCUT2D eigenvalue weighted by Gasteiger charge is -2.12. The van der Waals surface area contributed by atoms with Gasteiger partial charge in [0.25, 0.3) is 10.0 Å². The molecule has 0 heterocycles. The molecule has 0 fully saturated rings. The normalized spacial score (nSPS) is 11.2. The van der Waals surface area contributed by atoms with Gasteiger partial charge >= 0.3 is 5.97 Å². The summed E-state index contributed by atoms with van der Waals surface area (Å²) in [5.74, 6) is 0.0686. The van der Waals surface area contributed by atoms with Gasteiger partial charge in [-0.25, -0.2) is 13.2 Å². The van der Waals surface area contributed by atoms with E-state index >= 15 is 0 Å². The second-order valence-electron chi connectivity index (χ2n) is 7.35. The summed E-state index contributed by atoms with van der Waals surface area (Å²) in [5.41, 5.74) is 1.57. The van der Waals surface area contributed by atoms with Crippen LogP contribution in [0.4, 0.5) is 5.69 Å². The molecular formula is C24H25NO6S. The standard InChI is InChI=1S/C24H25NO6S/c1-17(2)18-7-13-21(14-8-18)32(28,29)25-19-9-11-20(12-10-19)30-15-16-31-23-6-4-3-5-22(23)24(26)27/h3-14,17,25H,15-16H2,1-2H3,(H,26,27). The van der Waals surface area contributed by atoms with Gasteiger partial charge in [0.05, 0.1) is 4.90 Å². The maximum absolute atomic E-state index is 12.6. The van der Waals surface area contributed by atoms with Crippen molar-refractivity contribution >= 4 is 21.7 Å². The number of carboxylic acids is 1. The van der Waals surface area contributed by atoms with Crippen LogP contribution in [-0.2, 0) is 10.0 Å². The van der Waals surface area contributed by atoms with Crippen molar-refractivity contribution in [3.63, 3.8) is 0 Å². The second-order valence-corrected chi connectivity index (χ2v) is 9.03. The molecule has 3 aromatic carbocycles. The molecular weight excluding hydrogens is 430 g/mol. The number of benzene rings is 3. The fourth-order valence-corrected chi connectivity index (χ4v) is 4.00. The van der Waals surface area contributed by atoms with Crippen molar-refractivity contribution < 1.29 is 27.8 Å². The topological polar surface area (TPSA) is 102 Å². The fraction of sp³-hybridized carbons (Fsp3) is 0.208. The lowest BCUT2D eigenvalue weighted by molar-refractivity contribution is 0.0691. The molecule has 2 N–H and O–H groups in total. The number of anilines is 1. The third-order valence-corrected chi connectivity index (χ3v) is 6.09. The van der Waals surface area contributed by atoms with E-state index in [1.54, 1.807) is 54.6 Å². The summed E-state index contributed by atoms with van der Waals surface area (Å²) < 4.78 is 38.8. The molecule has 0 aromatic heterocycles. The van der Waals surface area contributed by atoms with E-state index in [0.717, 1.165) is 5.56 Å². The first-order chi connectivity index (χ1) is 15.3. The largest absolute Gasteiger partial charge is 0.490 e. The molecule has 3 aromatic rings. The van der Waals surface area contributed by atoms with Crippen LogP contribution >= 0.6 is 0 Å². The van der Waals surface area contributed by atoms with Crippen molar-refractivity contribution in [1.29, 1.82) is 0 Å². The molecule has 168 valence electrons.